The second-order valence-electron chi connectivity index (χ2n) is 8.62. The first-order valence-electron chi connectivity index (χ1n) is 8.88. The molecule has 2 aliphatic rings. The van der Waals surface area contributed by atoms with E-state index in [9.17, 15) is 4.79 Å². The second-order valence-corrected chi connectivity index (χ2v) is 8.62. The van der Waals surface area contributed by atoms with Crippen LogP contribution in [0.25, 0.3) is 0 Å². The van der Waals surface area contributed by atoms with Crippen molar-refractivity contribution < 1.29 is 9.53 Å². The molecule has 22 heavy (non-hydrogen) atoms. The number of amides is 1. The maximum Gasteiger partial charge on any atom is 0.409 e. The van der Waals surface area contributed by atoms with E-state index in [-0.39, 0.29) is 6.09 Å². The number of hydrogen-bond acceptors (Lipinski definition) is 3. The monoisotopic (exact) mass is 310 g/mol. The third kappa shape index (κ3) is 4.87. The predicted octanol–water partition coefficient (Wildman–Crippen LogP) is 3.61. The molecule has 1 amide bonds. The van der Waals surface area contributed by atoms with Crippen molar-refractivity contribution in [3.63, 3.8) is 0 Å². The first kappa shape index (κ1) is 17.6. The summed E-state index contributed by atoms with van der Waals surface area (Å²) in [5, 5.41) is 0. The standard InChI is InChI=1S/C18H34N2O2/c1-14(11-18(2,3)4)16-10-15(12-19(16)5)13-22-17(21)20-8-6-7-9-20/h14-16H,6-13H2,1-5H3/t14-,15+,16+/m1/s1. The van der Waals surface area contributed by atoms with Crippen molar-refractivity contribution in [2.75, 3.05) is 33.3 Å². The number of carbonyl (C=O) groups is 1. The molecule has 0 aromatic carbocycles. The highest BCUT2D eigenvalue weighted by Gasteiger charge is 2.35. The molecule has 4 nitrogen and oxygen atoms in total. The molecule has 2 aliphatic heterocycles. The molecule has 128 valence electrons. The molecular weight excluding hydrogens is 276 g/mol. The Balaban J connectivity index is 1.76. The number of hydrogen-bond donors (Lipinski definition) is 0. The summed E-state index contributed by atoms with van der Waals surface area (Å²) in [7, 11) is 2.21. The highest BCUT2D eigenvalue weighted by atomic mass is 16.6. The molecule has 4 heteroatoms. The minimum absolute atomic E-state index is 0.105. The topological polar surface area (TPSA) is 32.8 Å². The van der Waals surface area contributed by atoms with E-state index < -0.39 is 0 Å². The highest BCUT2D eigenvalue weighted by molar-refractivity contribution is 5.67. The minimum Gasteiger partial charge on any atom is -0.449 e. The van der Waals surface area contributed by atoms with Crippen molar-refractivity contribution in [1.82, 2.24) is 9.80 Å². The van der Waals surface area contributed by atoms with Crippen LogP contribution in [0.1, 0.15) is 53.4 Å². The Bertz CT molecular complexity index is 372. The normalized spacial score (nSPS) is 28.1. The fourth-order valence-corrected chi connectivity index (χ4v) is 4.21. The smallest absolute Gasteiger partial charge is 0.409 e. The molecule has 2 fully saturated rings. The van der Waals surface area contributed by atoms with Crippen molar-refractivity contribution in [3.8, 4) is 0 Å². The Kier molecular flexibility index (Phi) is 5.76. The molecule has 0 unspecified atom stereocenters. The summed E-state index contributed by atoms with van der Waals surface area (Å²) in [6.07, 6.45) is 4.52. The molecule has 0 aromatic rings. The van der Waals surface area contributed by atoms with Crippen LogP contribution >= 0.6 is 0 Å². The molecule has 3 atom stereocenters. The van der Waals surface area contributed by atoms with Gasteiger partial charge in [-0.2, -0.15) is 0 Å². The Morgan fingerprint density at radius 2 is 1.91 bits per heavy atom. The van der Waals surface area contributed by atoms with Crippen LogP contribution in [0.4, 0.5) is 4.79 Å². The predicted molar refractivity (Wildman–Crippen MR) is 89.9 cm³/mol. The number of ether oxygens (including phenoxy) is 1. The van der Waals surface area contributed by atoms with Gasteiger partial charge in [-0.15, -0.1) is 0 Å². The number of likely N-dealkylation sites (tertiary alicyclic amines) is 2. The molecule has 0 saturated carbocycles. The molecule has 0 aliphatic carbocycles. The van der Waals surface area contributed by atoms with Gasteiger partial charge < -0.3 is 14.5 Å². The lowest BCUT2D eigenvalue weighted by Crippen LogP contribution is -2.33. The number of rotatable bonds is 4. The van der Waals surface area contributed by atoms with Gasteiger partial charge in [0.25, 0.3) is 0 Å². The lowest BCUT2D eigenvalue weighted by atomic mass is 9.81. The Morgan fingerprint density at radius 3 is 2.50 bits per heavy atom. The molecular formula is C18H34N2O2. The van der Waals surface area contributed by atoms with Crippen LogP contribution in [-0.4, -0.2) is 55.2 Å². The van der Waals surface area contributed by atoms with Crippen molar-refractivity contribution in [1.29, 1.82) is 0 Å². The van der Waals surface area contributed by atoms with Crippen molar-refractivity contribution >= 4 is 6.09 Å². The van der Waals surface area contributed by atoms with Gasteiger partial charge in [0, 0.05) is 31.6 Å². The number of carbonyl (C=O) groups excluding carboxylic acids is 1. The highest BCUT2D eigenvalue weighted by Crippen LogP contribution is 2.34. The maximum absolute atomic E-state index is 12.0. The van der Waals surface area contributed by atoms with Gasteiger partial charge in [-0.1, -0.05) is 27.7 Å². The fraction of sp³-hybridized carbons (Fsp3) is 0.944. The Hall–Kier alpha value is -0.770. The van der Waals surface area contributed by atoms with E-state index in [0.717, 1.165) is 38.9 Å². The molecule has 2 rings (SSSR count). The van der Waals surface area contributed by atoms with Gasteiger partial charge in [0.2, 0.25) is 0 Å². The average Bonchev–Trinajstić information content (AvgIpc) is 3.03. The van der Waals surface area contributed by atoms with Crippen LogP contribution in [0.2, 0.25) is 0 Å². The van der Waals surface area contributed by atoms with Crippen LogP contribution < -0.4 is 0 Å². The summed E-state index contributed by atoms with van der Waals surface area (Å²) in [6.45, 7) is 12.7. The van der Waals surface area contributed by atoms with E-state index in [0.29, 0.717) is 29.9 Å². The van der Waals surface area contributed by atoms with E-state index in [1.165, 1.54) is 6.42 Å². The van der Waals surface area contributed by atoms with Gasteiger partial charge in [0.15, 0.2) is 0 Å². The molecule has 2 heterocycles. The molecule has 0 spiro atoms. The largest absolute Gasteiger partial charge is 0.449 e. The first-order chi connectivity index (χ1) is 10.3. The fourth-order valence-electron chi connectivity index (χ4n) is 4.21. The Morgan fingerprint density at radius 1 is 1.27 bits per heavy atom. The lowest BCUT2D eigenvalue weighted by Gasteiger charge is -2.31. The summed E-state index contributed by atoms with van der Waals surface area (Å²) < 4.78 is 5.55. The molecule has 0 bridgehead atoms. The van der Waals surface area contributed by atoms with Gasteiger partial charge in [-0.25, -0.2) is 4.79 Å². The molecule has 2 saturated heterocycles. The quantitative estimate of drug-likeness (QED) is 0.795. The SMILES string of the molecule is C[C@H](CC(C)(C)C)[C@@H]1C[C@H](COC(=O)N2CCCC2)CN1C. The van der Waals surface area contributed by atoms with Crippen molar-refractivity contribution in [2.24, 2.45) is 17.3 Å². The summed E-state index contributed by atoms with van der Waals surface area (Å²) in [5.41, 5.74) is 0.376. The average molecular weight is 310 g/mol. The van der Waals surface area contributed by atoms with E-state index in [4.69, 9.17) is 4.74 Å². The van der Waals surface area contributed by atoms with Crippen LogP contribution in [-0.2, 0) is 4.74 Å². The zero-order valence-electron chi connectivity index (χ0n) is 15.1. The summed E-state index contributed by atoms with van der Waals surface area (Å²) in [4.78, 5) is 16.3. The molecule has 0 N–H and O–H groups in total. The maximum atomic E-state index is 12.0. The zero-order valence-corrected chi connectivity index (χ0v) is 15.1. The van der Waals surface area contributed by atoms with Crippen LogP contribution in [0.15, 0.2) is 0 Å². The van der Waals surface area contributed by atoms with Gasteiger partial charge in [-0.05, 0) is 44.1 Å². The number of nitrogens with zero attached hydrogens (tertiary/aromatic N) is 2. The molecule has 0 aromatic heterocycles. The van der Waals surface area contributed by atoms with Gasteiger partial charge in [0.05, 0.1) is 6.61 Å². The zero-order chi connectivity index (χ0) is 16.3. The van der Waals surface area contributed by atoms with Crippen LogP contribution in [0.5, 0.6) is 0 Å². The van der Waals surface area contributed by atoms with Gasteiger partial charge in [0.1, 0.15) is 0 Å². The minimum atomic E-state index is -0.105. The van der Waals surface area contributed by atoms with Gasteiger partial charge in [-0.3, -0.25) is 0 Å². The summed E-state index contributed by atoms with van der Waals surface area (Å²) >= 11 is 0. The first-order valence-corrected chi connectivity index (χ1v) is 8.88. The van der Waals surface area contributed by atoms with Gasteiger partial charge >= 0.3 is 6.09 Å². The van der Waals surface area contributed by atoms with E-state index >= 15 is 0 Å². The summed E-state index contributed by atoms with van der Waals surface area (Å²) in [6, 6.07) is 0.620. The third-order valence-electron chi connectivity index (χ3n) is 5.09. The van der Waals surface area contributed by atoms with Crippen molar-refractivity contribution in [3.05, 3.63) is 0 Å². The summed E-state index contributed by atoms with van der Waals surface area (Å²) in [5.74, 6) is 1.17. The van der Waals surface area contributed by atoms with Crippen molar-refractivity contribution in [2.45, 2.75) is 59.4 Å². The third-order valence-corrected chi connectivity index (χ3v) is 5.09. The van der Waals surface area contributed by atoms with Crippen LogP contribution in [0.3, 0.4) is 0 Å². The second kappa shape index (κ2) is 7.20. The lowest BCUT2D eigenvalue weighted by molar-refractivity contribution is 0.0958. The Labute approximate surface area is 136 Å². The van der Waals surface area contributed by atoms with E-state index in [2.05, 4.69) is 39.6 Å². The van der Waals surface area contributed by atoms with Crippen LogP contribution in [0, 0.1) is 17.3 Å². The van der Waals surface area contributed by atoms with E-state index in [1.807, 2.05) is 4.90 Å². The molecule has 0 radical (unpaired) electrons. The van der Waals surface area contributed by atoms with E-state index in [1.54, 1.807) is 0 Å².